The molecule has 0 N–H and O–H groups in total. The third kappa shape index (κ3) is 6.00. The van der Waals surface area contributed by atoms with Crippen molar-refractivity contribution in [1.29, 1.82) is 0 Å². The number of amides is 2. The Morgan fingerprint density at radius 3 is 2.29 bits per heavy atom. The molecule has 0 aliphatic carbocycles. The highest BCUT2D eigenvalue weighted by atomic mass is 19.3. The van der Waals surface area contributed by atoms with Crippen molar-refractivity contribution in [3.05, 3.63) is 71.5 Å². The number of rotatable bonds is 8. The van der Waals surface area contributed by atoms with Crippen LogP contribution >= 0.6 is 0 Å². The molecule has 2 aromatic carbocycles. The zero-order valence-corrected chi connectivity index (χ0v) is 19.4. The number of hydrogen-bond acceptors (Lipinski definition) is 5. The quantitative estimate of drug-likeness (QED) is 0.490. The van der Waals surface area contributed by atoms with E-state index in [9.17, 15) is 18.4 Å². The number of alkyl halides is 2. The van der Waals surface area contributed by atoms with Crippen molar-refractivity contribution in [1.82, 2.24) is 24.8 Å². The fourth-order valence-corrected chi connectivity index (χ4v) is 4.10. The van der Waals surface area contributed by atoms with Gasteiger partial charge in [0.15, 0.2) is 5.69 Å². The van der Waals surface area contributed by atoms with Gasteiger partial charge in [-0.1, -0.05) is 35.5 Å². The minimum atomic E-state index is -2.90. The van der Waals surface area contributed by atoms with Crippen LogP contribution in [0.1, 0.15) is 34.6 Å². The van der Waals surface area contributed by atoms with Gasteiger partial charge in [0, 0.05) is 32.6 Å². The van der Waals surface area contributed by atoms with E-state index in [-0.39, 0.29) is 23.3 Å². The number of carbonyl (C=O) groups is 2. The van der Waals surface area contributed by atoms with Gasteiger partial charge in [0.25, 0.3) is 5.91 Å². The summed E-state index contributed by atoms with van der Waals surface area (Å²) in [5.41, 5.74) is 2.55. The first-order chi connectivity index (χ1) is 16.9. The summed E-state index contributed by atoms with van der Waals surface area (Å²) in [5, 5.41) is 8.11. The molecule has 0 radical (unpaired) electrons. The molecule has 1 fully saturated rings. The summed E-state index contributed by atoms with van der Waals surface area (Å²) in [6.07, 6.45) is 2.14. The highest BCUT2D eigenvalue weighted by Gasteiger charge is 2.28. The maximum atomic E-state index is 13.0. The molecule has 184 valence electrons. The average molecular weight is 484 g/mol. The molecule has 0 unspecified atom stereocenters. The molecule has 1 aliphatic rings. The van der Waals surface area contributed by atoms with Crippen molar-refractivity contribution < 1.29 is 23.1 Å². The highest BCUT2D eigenvalue weighted by Crippen LogP contribution is 2.20. The lowest BCUT2D eigenvalue weighted by molar-refractivity contribution is -0.132. The van der Waals surface area contributed by atoms with E-state index in [4.69, 9.17) is 0 Å². The molecular weight excluding hydrogens is 456 g/mol. The number of carbonyl (C=O) groups excluding carboxylic acids is 2. The monoisotopic (exact) mass is 483 g/mol. The van der Waals surface area contributed by atoms with Gasteiger partial charge < -0.3 is 14.5 Å². The second-order valence-corrected chi connectivity index (χ2v) is 8.32. The fourth-order valence-electron chi connectivity index (χ4n) is 4.10. The van der Waals surface area contributed by atoms with Gasteiger partial charge in [0.1, 0.15) is 5.75 Å². The Morgan fingerprint density at radius 1 is 0.971 bits per heavy atom. The summed E-state index contributed by atoms with van der Waals surface area (Å²) in [4.78, 5) is 29.1. The van der Waals surface area contributed by atoms with Crippen LogP contribution in [0, 0.1) is 6.92 Å². The van der Waals surface area contributed by atoms with Crippen LogP contribution in [-0.4, -0.2) is 69.4 Å². The number of piperazine rings is 1. The Balaban J connectivity index is 1.30. The average Bonchev–Trinajstić information content (AvgIpc) is 3.25. The summed E-state index contributed by atoms with van der Waals surface area (Å²) in [5.74, 6) is -0.109. The molecule has 0 atom stereocenters. The summed E-state index contributed by atoms with van der Waals surface area (Å²) in [6, 6.07) is 16.0. The van der Waals surface area contributed by atoms with E-state index in [1.165, 1.54) is 22.4 Å². The Labute approximate surface area is 202 Å². The fraction of sp³-hybridized carbons (Fsp3) is 0.360. The van der Waals surface area contributed by atoms with Crippen LogP contribution in [0.25, 0.3) is 5.69 Å². The third-order valence-corrected chi connectivity index (χ3v) is 6.02. The van der Waals surface area contributed by atoms with Crippen molar-refractivity contribution in [2.75, 3.05) is 26.2 Å². The van der Waals surface area contributed by atoms with Crippen LogP contribution in [0.3, 0.4) is 0 Å². The molecule has 35 heavy (non-hydrogen) atoms. The lowest BCUT2D eigenvalue weighted by Gasteiger charge is -2.34. The Morgan fingerprint density at radius 2 is 1.63 bits per heavy atom. The van der Waals surface area contributed by atoms with Gasteiger partial charge in [0.05, 0.1) is 11.4 Å². The smallest absolute Gasteiger partial charge is 0.387 e. The van der Waals surface area contributed by atoms with E-state index in [1.807, 2.05) is 23.1 Å². The van der Waals surface area contributed by atoms with E-state index in [2.05, 4.69) is 27.2 Å². The van der Waals surface area contributed by atoms with Crippen LogP contribution < -0.4 is 4.74 Å². The van der Waals surface area contributed by atoms with Crippen molar-refractivity contribution >= 4 is 11.8 Å². The Kier molecular flexibility index (Phi) is 7.69. The first kappa shape index (κ1) is 24.3. The molecule has 0 saturated carbocycles. The SMILES string of the molecule is Cc1c(C(=O)N2CCN(C(=O)CCCc3ccccc3)CC2)nnn1-c1ccc(OC(F)F)cc1. The van der Waals surface area contributed by atoms with Gasteiger partial charge in [-0.15, -0.1) is 5.10 Å². The topological polar surface area (TPSA) is 80.6 Å². The van der Waals surface area contributed by atoms with Gasteiger partial charge in [-0.3, -0.25) is 9.59 Å². The molecule has 8 nitrogen and oxygen atoms in total. The Hall–Kier alpha value is -3.82. The van der Waals surface area contributed by atoms with Crippen molar-refractivity contribution in [3.63, 3.8) is 0 Å². The van der Waals surface area contributed by atoms with Gasteiger partial charge in [-0.2, -0.15) is 8.78 Å². The molecule has 0 bridgehead atoms. The van der Waals surface area contributed by atoms with Crippen LogP contribution in [0.4, 0.5) is 8.78 Å². The van der Waals surface area contributed by atoms with Gasteiger partial charge in [0.2, 0.25) is 5.91 Å². The Bertz CT molecular complexity index is 1140. The normalized spacial score (nSPS) is 13.8. The maximum absolute atomic E-state index is 13.0. The molecule has 4 rings (SSSR count). The van der Waals surface area contributed by atoms with Crippen molar-refractivity contribution in [2.24, 2.45) is 0 Å². The lowest BCUT2D eigenvalue weighted by Crippen LogP contribution is -2.50. The number of halogens is 2. The minimum Gasteiger partial charge on any atom is -0.435 e. The molecule has 10 heteroatoms. The zero-order valence-electron chi connectivity index (χ0n) is 19.4. The molecule has 1 aliphatic heterocycles. The second-order valence-electron chi connectivity index (χ2n) is 8.32. The maximum Gasteiger partial charge on any atom is 0.387 e. The predicted molar refractivity (Wildman–Crippen MR) is 125 cm³/mol. The predicted octanol–water partition coefficient (Wildman–Crippen LogP) is 3.48. The van der Waals surface area contributed by atoms with Crippen LogP contribution in [-0.2, 0) is 11.2 Å². The zero-order chi connectivity index (χ0) is 24.8. The molecular formula is C25H27F2N5O3. The van der Waals surface area contributed by atoms with Gasteiger partial charge in [-0.05, 0) is 49.6 Å². The largest absolute Gasteiger partial charge is 0.435 e. The second kappa shape index (κ2) is 11.1. The summed E-state index contributed by atoms with van der Waals surface area (Å²) in [7, 11) is 0. The molecule has 1 aromatic heterocycles. The van der Waals surface area contributed by atoms with Gasteiger partial charge in [-0.25, -0.2) is 4.68 Å². The number of aromatic nitrogens is 3. The number of nitrogens with zero attached hydrogens (tertiary/aromatic N) is 5. The number of benzene rings is 2. The van der Waals surface area contributed by atoms with Crippen molar-refractivity contribution in [3.8, 4) is 11.4 Å². The lowest BCUT2D eigenvalue weighted by atomic mass is 10.1. The molecule has 2 amide bonds. The summed E-state index contributed by atoms with van der Waals surface area (Å²) in [6.45, 7) is 0.639. The molecule has 1 saturated heterocycles. The minimum absolute atomic E-state index is 0.0327. The van der Waals surface area contributed by atoms with Gasteiger partial charge >= 0.3 is 6.61 Å². The first-order valence-corrected chi connectivity index (χ1v) is 11.5. The van der Waals surface area contributed by atoms with E-state index in [0.717, 1.165) is 12.8 Å². The number of ether oxygens (including phenoxy) is 1. The summed E-state index contributed by atoms with van der Waals surface area (Å²) >= 11 is 0. The molecule has 2 heterocycles. The van der Waals surface area contributed by atoms with E-state index >= 15 is 0 Å². The number of aryl methyl sites for hydroxylation is 1. The van der Waals surface area contributed by atoms with Crippen LogP contribution in [0.15, 0.2) is 54.6 Å². The summed E-state index contributed by atoms with van der Waals surface area (Å²) < 4.78 is 30.5. The first-order valence-electron chi connectivity index (χ1n) is 11.5. The van der Waals surface area contributed by atoms with Crippen LogP contribution in [0.5, 0.6) is 5.75 Å². The standard InChI is InChI=1S/C25H27F2N5O3/c1-18-23(28-29-32(18)20-10-12-21(13-11-20)35-25(26)27)24(34)31-16-14-30(15-17-31)22(33)9-5-8-19-6-3-2-4-7-19/h2-4,6-7,10-13,25H,5,8-9,14-17H2,1H3. The highest BCUT2D eigenvalue weighted by molar-refractivity contribution is 5.93. The number of hydrogen-bond donors (Lipinski definition) is 0. The van der Waals surface area contributed by atoms with E-state index in [1.54, 1.807) is 24.0 Å². The van der Waals surface area contributed by atoms with E-state index in [0.29, 0.717) is 44.0 Å². The molecule has 0 spiro atoms. The van der Waals surface area contributed by atoms with Crippen LogP contribution in [0.2, 0.25) is 0 Å². The molecule has 3 aromatic rings. The van der Waals surface area contributed by atoms with E-state index < -0.39 is 6.61 Å². The third-order valence-electron chi connectivity index (χ3n) is 6.02. The van der Waals surface area contributed by atoms with Crippen molar-refractivity contribution in [2.45, 2.75) is 32.8 Å².